The van der Waals surface area contributed by atoms with Crippen molar-refractivity contribution >= 4 is 23.0 Å². The molecule has 0 N–H and O–H groups in total. The fraction of sp³-hybridized carbons (Fsp3) is 0.0625. The zero-order valence-electron chi connectivity index (χ0n) is 12.5. The molecule has 1 aliphatic heterocycles. The highest BCUT2D eigenvalue weighted by atomic mass is 16.7. The zero-order valence-corrected chi connectivity index (χ0v) is 12.5. The van der Waals surface area contributed by atoms with E-state index >= 15 is 0 Å². The van der Waals surface area contributed by atoms with Gasteiger partial charge in [0.15, 0.2) is 11.5 Å². The lowest BCUT2D eigenvalue weighted by molar-refractivity contribution is -0.385. The Morgan fingerprint density at radius 1 is 1.08 bits per heavy atom. The monoisotopic (exact) mass is 339 g/mol. The third-order valence-corrected chi connectivity index (χ3v) is 3.53. The second kappa shape index (κ2) is 6.29. The average molecular weight is 339 g/mol. The van der Waals surface area contributed by atoms with Crippen molar-refractivity contribution in [1.29, 1.82) is 5.26 Å². The molecule has 2 aromatic carbocycles. The third-order valence-electron chi connectivity index (χ3n) is 3.53. The van der Waals surface area contributed by atoms with Crippen LogP contribution in [0.4, 0.5) is 11.4 Å². The van der Waals surface area contributed by atoms with E-state index in [9.17, 15) is 25.5 Å². The van der Waals surface area contributed by atoms with Crippen molar-refractivity contribution in [1.82, 2.24) is 0 Å². The zero-order chi connectivity index (χ0) is 18.0. The molecule has 9 heteroatoms. The summed E-state index contributed by atoms with van der Waals surface area (Å²) in [7, 11) is 0. The Bertz CT molecular complexity index is 944. The minimum Gasteiger partial charge on any atom is -0.454 e. The number of ether oxygens (including phenoxy) is 2. The molecule has 0 radical (unpaired) electrons. The van der Waals surface area contributed by atoms with E-state index in [0.717, 1.165) is 0 Å². The topological polar surface area (TPSA) is 129 Å². The van der Waals surface area contributed by atoms with Crippen molar-refractivity contribution in [3.8, 4) is 17.6 Å². The van der Waals surface area contributed by atoms with Gasteiger partial charge < -0.3 is 9.47 Å². The van der Waals surface area contributed by atoms with Crippen LogP contribution in [0.5, 0.6) is 11.5 Å². The standard InChI is InChI=1S/C16H9N3O6/c17-8-12(10-1-3-13(4-2-10)18(20)21)5-11-6-15-16(25-9-24-15)7-14(11)19(22)23/h1-7H,9H2/b12-5+. The molecular formula is C16H9N3O6. The van der Waals surface area contributed by atoms with Gasteiger partial charge in [0.2, 0.25) is 6.79 Å². The second-order valence-corrected chi connectivity index (χ2v) is 5.00. The van der Waals surface area contributed by atoms with E-state index < -0.39 is 9.85 Å². The lowest BCUT2D eigenvalue weighted by Gasteiger charge is -2.03. The van der Waals surface area contributed by atoms with Gasteiger partial charge in [-0.2, -0.15) is 5.26 Å². The summed E-state index contributed by atoms with van der Waals surface area (Å²) in [6, 6.07) is 9.94. The minimum atomic E-state index is -0.585. The van der Waals surface area contributed by atoms with Crippen molar-refractivity contribution in [2.24, 2.45) is 0 Å². The van der Waals surface area contributed by atoms with Crippen molar-refractivity contribution < 1.29 is 19.3 Å². The average Bonchev–Trinajstić information content (AvgIpc) is 3.06. The molecule has 0 aromatic heterocycles. The Morgan fingerprint density at radius 3 is 2.28 bits per heavy atom. The van der Waals surface area contributed by atoms with Crippen LogP contribution in [0.3, 0.4) is 0 Å². The van der Waals surface area contributed by atoms with E-state index in [4.69, 9.17) is 9.47 Å². The highest BCUT2D eigenvalue weighted by Gasteiger charge is 2.23. The molecule has 0 saturated carbocycles. The maximum Gasteiger partial charge on any atom is 0.280 e. The Kier molecular flexibility index (Phi) is 4.01. The van der Waals surface area contributed by atoms with Gasteiger partial charge in [0, 0.05) is 12.1 Å². The summed E-state index contributed by atoms with van der Waals surface area (Å²) in [5.41, 5.74) is 0.343. The van der Waals surface area contributed by atoms with Crippen molar-refractivity contribution in [3.05, 3.63) is 67.8 Å². The summed E-state index contributed by atoms with van der Waals surface area (Å²) >= 11 is 0. The van der Waals surface area contributed by atoms with E-state index in [2.05, 4.69) is 0 Å². The first-order valence-electron chi connectivity index (χ1n) is 6.94. The van der Waals surface area contributed by atoms with E-state index in [1.165, 1.54) is 42.5 Å². The Hall–Kier alpha value is -3.93. The highest BCUT2D eigenvalue weighted by molar-refractivity contribution is 5.91. The fourth-order valence-corrected chi connectivity index (χ4v) is 2.32. The number of allylic oxidation sites excluding steroid dienone is 1. The van der Waals surface area contributed by atoms with Gasteiger partial charge in [0.1, 0.15) is 0 Å². The molecule has 0 atom stereocenters. The molecule has 0 fully saturated rings. The van der Waals surface area contributed by atoms with Gasteiger partial charge in [-0.3, -0.25) is 20.2 Å². The number of non-ortho nitro benzene ring substituents is 1. The second-order valence-electron chi connectivity index (χ2n) is 5.00. The largest absolute Gasteiger partial charge is 0.454 e. The Morgan fingerprint density at radius 2 is 1.72 bits per heavy atom. The number of hydrogen-bond donors (Lipinski definition) is 0. The third kappa shape index (κ3) is 3.09. The lowest BCUT2D eigenvalue weighted by Crippen LogP contribution is -1.93. The summed E-state index contributed by atoms with van der Waals surface area (Å²) in [4.78, 5) is 20.8. The summed E-state index contributed by atoms with van der Waals surface area (Å²) in [5.74, 6) is 0.607. The van der Waals surface area contributed by atoms with Crippen molar-refractivity contribution in [3.63, 3.8) is 0 Å². The molecule has 1 heterocycles. The molecule has 25 heavy (non-hydrogen) atoms. The number of fused-ring (bicyclic) bond motifs is 1. The van der Waals surface area contributed by atoms with Crippen molar-refractivity contribution in [2.45, 2.75) is 0 Å². The molecule has 0 saturated heterocycles. The molecule has 0 aliphatic carbocycles. The van der Waals surface area contributed by atoms with Crippen LogP contribution in [-0.4, -0.2) is 16.6 Å². The van der Waals surface area contributed by atoms with Gasteiger partial charge in [-0.1, -0.05) is 0 Å². The van der Waals surface area contributed by atoms with E-state index in [1.807, 2.05) is 6.07 Å². The molecule has 0 bridgehead atoms. The van der Waals surface area contributed by atoms with Crippen LogP contribution in [0.2, 0.25) is 0 Å². The minimum absolute atomic E-state index is 0.0346. The lowest BCUT2D eigenvalue weighted by atomic mass is 10.0. The quantitative estimate of drug-likeness (QED) is 0.361. The van der Waals surface area contributed by atoms with E-state index in [-0.39, 0.29) is 35.1 Å². The summed E-state index contributed by atoms with van der Waals surface area (Å²) < 4.78 is 10.3. The predicted octanol–water partition coefficient (Wildman–Crippen LogP) is 3.30. The fourth-order valence-electron chi connectivity index (χ4n) is 2.32. The molecule has 0 spiro atoms. The summed E-state index contributed by atoms with van der Waals surface area (Å²) in [6.07, 6.45) is 1.33. The number of hydrogen-bond acceptors (Lipinski definition) is 7. The number of rotatable bonds is 4. The van der Waals surface area contributed by atoms with Crippen LogP contribution < -0.4 is 9.47 Å². The number of nitriles is 1. The molecule has 3 rings (SSSR count). The van der Waals surface area contributed by atoms with Gasteiger partial charge in [0.25, 0.3) is 11.4 Å². The smallest absolute Gasteiger partial charge is 0.280 e. The first kappa shape index (κ1) is 15.9. The normalized spacial score (nSPS) is 12.5. The highest BCUT2D eigenvalue weighted by Crippen LogP contribution is 2.39. The van der Waals surface area contributed by atoms with Crippen LogP contribution >= 0.6 is 0 Å². The molecule has 2 aromatic rings. The molecule has 0 unspecified atom stereocenters. The van der Waals surface area contributed by atoms with Crippen LogP contribution in [0.15, 0.2) is 36.4 Å². The maximum absolute atomic E-state index is 11.3. The van der Waals surface area contributed by atoms with Crippen LogP contribution in [0.25, 0.3) is 11.6 Å². The van der Waals surface area contributed by atoms with Crippen LogP contribution in [-0.2, 0) is 0 Å². The van der Waals surface area contributed by atoms with Crippen LogP contribution in [0, 0.1) is 31.6 Å². The first-order chi connectivity index (χ1) is 12.0. The molecule has 1 aliphatic rings. The van der Waals surface area contributed by atoms with Gasteiger partial charge in [-0.25, -0.2) is 0 Å². The van der Waals surface area contributed by atoms with E-state index in [1.54, 1.807) is 0 Å². The molecule has 9 nitrogen and oxygen atoms in total. The van der Waals surface area contributed by atoms with Crippen LogP contribution in [0.1, 0.15) is 11.1 Å². The maximum atomic E-state index is 11.3. The van der Waals surface area contributed by atoms with Crippen molar-refractivity contribution in [2.75, 3.05) is 6.79 Å². The summed E-state index contributed by atoms with van der Waals surface area (Å²) in [5, 5.41) is 31.3. The predicted molar refractivity (Wildman–Crippen MR) is 85.8 cm³/mol. The molecule has 124 valence electrons. The summed E-state index contributed by atoms with van der Waals surface area (Å²) in [6.45, 7) is -0.0346. The Labute approximate surface area is 140 Å². The van der Waals surface area contributed by atoms with Gasteiger partial charge in [0.05, 0.1) is 33.1 Å². The Balaban J connectivity index is 2.07. The number of nitrogens with zero attached hydrogens (tertiary/aromatic N) is 3. The molecular weight excluding hydrogens is 330 g/mol. The number of nitro benzene ring substituents is 2. The molecule has 0 amide bonds. The van der Waals surface area contributed by atoms with E-state index in [0.29, 0.717) is 11.3 Å². The number of nitro groups is 2. The first-order valence-corrected chi connectivity index (χ1v) is 6.94. The van der Waals surface area contributed by atoms with Gasteiger partial charge in [-0.15, -0.1) is 0 Å². The van der Waals surface area contributed by atoms with Gasteiger partial charge in [-0.05, 0) is 29.8 Å². The number of benzene rings is 2. The van der Waals surface area contributed by atoms with Gasteiger partial charge >= 0.3 is 0 Å². The SMILES string of the molecule is N#C/C(=C\c1cc2c(cc1[N+](=O)[O-])OCO2)c1ccc([N+](=O)[O-])cc1.